The number of thiazole rings is 1. The maximum Gasteiger partial charge on any atom is 0.235 e. The predicted molar refractivity (Wildman–Crippen MR) is 40.9 cm³/mol. The number of carboxylic acid groups (broad SMARTS) is 1. The molecule has 0 aromatic carbocycles. The zero-order valence-corrected chi connectivity index (χ0v) is 7.40. The topological polar surface area (TPSA) is 54.3 Å². The summed E-state index contributed by atoms with van der Waals surface area (Å²) < 4.78 is 0. The minimum atomic E-state index is -1.08. The van der Waals surface area contributed by atoms with Gasteiger partial charge in [-0.2, -0.15) is 0 Å². The summed E-state index contributed by atoms with van der Waals surface area (Å²) in [6.07, 6.45) is 3.08. The Morgan fingerprint density at radius 2 is 2.36 bits per heavy atom. The molecule has 0 bridgehead atoms. The monoisotopic (exact) mass is 173 g/mol. The highest BCUT2D eigenvalue weighted by Crippen LogP contribution is 1.97. The van der Waals surface area contributed by atoms with Crippen molar-refractivity contribution in [2.45, 2.75) is 20.3 Å². The van der Waals surface area contributed by atoms with E-state index in [-0.39, 0.29) is 0 Å². The molecule has 0 saturated heterocycles. The van der Waals surface area contributed by atoms with Gasteiger partial charge in [0.1, 0.15) is 0 Å². The van der Waals surface area contributed by atoms with Gasteiger partial charge in [0.2, 0.25) is 5.01 Å². The summed E-state index contributed by atoms with van der Waals surface area (Å²) in [6, 6.07) is 0. The van der Waals surface area contributed by atoms with Crippen LogP contribution in [0.3, 0.4) is 0 Å². The molecule has 1 heterocycles. The van der Waals surface area contributed by atoms with Gasteiger partial charge >= 0.3 is 0 Å². The van der Waals surface area contributed by atoms with Crippen LogP contribution in [0.15, 0.2) is 11.6 Å². The van der Waals surface area contributed by atoms with E-state index in [0.29, 0.717) is 0 Å². The Hall–Kier alpha value is -0.900. The molecule has 0 radical (unpaired) electrons. The molecule has 0 fully saturated rings. The molecular formula is C7H11NO2S. The molecular weight excluding hydrogens is 162 g/mol. The van der Waals surface area contributed by atoms with Gasteiger partial charge < -0.3 is 9.90 Å². The van der Waals surface area contributed by atoms with Gasteiger partial charge in [0, 0.05) is 12.4 Å². The van der Waals surface area contributed by atoms with E-state index in [1.807, 2.05) is 6.20 Å². The lowest BCUT2D eigenvalue weighted by Crippen LogP contribution is -2.16. The van der Waals surface area contributed by atoms with Crippen LogP contribution in [-0.2, 0) is 11.2 Å². The molecule has 3 nitrogen and oxygen atoms in total. The molecule has 0 aliphatic carbocycles. The number of carbonyl (C=O) groups is 1. The van der Waals surface area contributed by atoms with Crippen LogP contribution in [-0.4, -0.2) is 5.97 Å². The summed E-state index contributed by atoms with van der Waals surface area (Å²) in [6.45, 7) is 3.11. The number of aryl methyl sites for hydroxylation is 1. The molecule has 1 N–H and O–H groups in total. The summed E-state index contributed by atoms with van der Waals surface area (Å²) in [5.74, 6) is -1.08. The van der Waals surface area contributed by atoms with Crippen molar-refractivity contribution in [3.8, 4) is 0 Å². The zero-order chi connectivity index (χ0) is 8.69. The largest absolute Gasteiger partial charge is 0.550 e. The second-order valence-corrected chi connectivity index (χ2v) is 2.83. The van der Waals surface area contributed by atoms with Crippen molar-refractivity contribution >= 4 is 17.3 Å². The Labute approximate surface area is 69.7 Å². The third-order valence-corrected chi connectivity index (χ3v) is 1.81. The molecule has 1 rings (SSSR count). The SMILES string of the molecule is CC(=O)[O-].CCc1[nH+]ccs1. The lowest BCUT2D eigenvalue weighted by atomic mass is 10.5. The lowest BCUT2D eigenvalue weighted by Gasteiger charge is -1.77. The van der Waals surface area contributed by atoms with Gasteiger partial charge in [0.15, 0.2) is 6.20 Å². The maximum absolute atomic E-state index is 8.89. The third kappa shape index (κ3) is 6.99. The highest BCUT2D eigenvalue weighted by Gasteiger charge is 1.93. The molecule has 0 aliphatic rings. The lowest BCUT2D eigenvalue weighted by molar-refractivity contribution is -0.381. The van der Waals surface area contributed by atoms with Crippen molar-refractivity contribution in [2.75, 3.05) is 0 Å². The Balaban J connectivity index is 0.000000218. The van der Waals surface area contributed by atoms with Crippen LogP contribution in [0.2, 0.25) is 0 Å². The number of carboxylic acids is 1. The van der Waals surface area contributed by atoms with E-state index >= 15 is 0 Å². The molecule has 11 heavy (non-hydrogen) atoms. The Morgan fingerprint density at radius 1 is 1.82 bits per heavy atom. The molecule has 0 unspecified atom stereocenters. The molecule has 0 amide bonds. The number of rotatable bonds is 1. The summed E-state index contributed by atoms with van der Waals surface area (Å²) in [5.41, 5.74) is 0. The summed E-state index contributed by atoms with van der Waals surface area (Å²) in [7, 11) is 0. The summed E-state index contributed by atoms with van der Waals surface area (Å²) in [4.78, 5) is 12.0. The minimum absolute atomic E-state index is 0.972. The van der Waals surface area contributed by atoms with Gasteiger partial charge in [0.05, 0.1) is 5.38 Å². The highest BCUT2D eigenvalue weighted by atomic mass is 32.1. The van der Waals surface area contributed by atoms with Gasteiger partial charge in [-0.15, -0.1) is 0 Å². The highest BCUT2D eigenvalue weighted by molar-refractivity contribution is 7.09. The Kier molecular flexibility index (Phi) is 5.37. The first-order valence-electron chi connectivity index (χ1n) is 3.28. The van der Waals surface area contributed by atoms with Gasteiger partial charge in [0.25, 0.3) is 0 Å². The van der Waals surface area contributed by atoms with Crippen LogP contribution in [0.5, 0.6) is 0 Å². The zero-order valence-electron chi connectivity index (χ0n) is 6.59. The number of aromatic nitrogens is 1. The molecule has 0 atom stereocenters. The number of hydrogen-bond acceptors (Lipinski definition) is 3. The molecule has 1 aromatic heterocycles. The van der Waals surface area contributed by atoms with Crippen molar-refractivity contribution < 1.29 is 14.9 Å². The maximum atomic E-state index is 8.89. The summed E-state index contributed by atoms with van der Waals surface area (Å²) >= 11 is 1.77. The second kappa shape index (κ2) is 5.85. The standard InChI is InChI=1S/C5H7NS.C2H4O2/c1-2-5-6-3-4-7-5;1-2(3)4/h3-4H,2H2,1H3;1H3,(H,3,4). The predicted octanol–water partition coefficient (Wildman–Crippen LogP) is -0.119. The summed E-state index contributed by atoms with van der Waals surface area (Å²) in [5, 5.41) is 12.3. The number of H-pyrrole nitrogens is 1. The second-order valence-electron chi connectivity index (χ2n) is 1.83. The van der Waals surface area contributed by atoms with Crippen LogP contribution in [0, 0.1) is 0 Å². The fourth-order valence-electron chi connectivity index (χ4n) is 0.463. The van der Waals surface area contributed by atoms with Crippen molar-refractivity contribution in [3.63, 3.8) is 0 Å². The van der Waals surface area contributed by atoms with Gasteiger partial charge in [-0.3, -0.25) is 0 Å². The number of aromatic amines is 1. The van der Waals surface area contributed by atoms with Crippen LogP contribution in [0.1, 0.15) is 18.9 Å². The quantitative estimate of drug-likeness (QED) is 0.594. The van der Waals surface area contributed by atoms with Gasteiger partial charge in [-0.05, 0) is 6.92 Å². The van der Waals surface area contributed by atoms with Gasteiger partial charge in [-0.25, -0.2) is 4.98 Å². The first-order chi connectivity index (χ1) is 5.16. The van der Waals surface area contributed by atoms with Crippen molar-refractivity contribution in [3.05, 3.63) is 16.6 Å². The first kappa shape index (κ1) is 10.1. The third-order valence-electron chi connectivity index (χ3n) is 0.844. The molecule has 0 spiro atoms. The van der Waals surface area contributed by atoms with E-state index in [1.165, 1.54) is 5.01 Å². The van der Waals surface area contributed by atoms with E-state index in [9.17, 15) is 0 Å². The fraction of sp³-hybridized carbons (Fsp3) is 0.429. The van der Waals surface area contributed by atoms with Crippen LogP contribution < -0.4 is 10.1 Å². The van der Waals surface area contributed by atoms with Gasteiger partial charge in [-0.1, -0.05) is 18.3 Å². The van der Waals surface area contributed by atoms with Crippen molar-refractivity contribution in [1.82, 2.24) is 0 Å². The van der Waals surface area contributed by atoms with E-state index in [4.69, 9.17) is 9.90 Å². The van der Waals surface area contributed by atoms with E-state index in [1.54, 1.807) is 11.3 Å². The average molecular weight is 173 g/mol. The molecule has 4 heteroatoms. The molecule has 0 saturated carbocycles. The van der Waals surface area contributed by atoms with Crippen LogP contribution in [0.4, 0.5) is 0 Å². The molecule has 62 valence electrons. The number of carbonyl (C=O) groups excluding carboxylic acids is 1. The van der Waals surface area contributed by atoms with E-state index in [0.717, 1.165) is 13.3 Å². The smallest absolute Gasteiger partial charge is 0.235 e. The van der Waals surface area contributed by atoms with Crippen molar-refractivity contribution in [2.24, 2.45) is 0 Å². The van der Waals surface area contributed by atoms with Crippen LogP contribution >= 0.6 is 11.3 Å². The van der Waals surface area contributed by atoms with Crippen LogP contribution in [0.25, 0.3) is 0 Å². The average Bonchev–Trinajstić information content (AvgIpc) is 2.36. The fourth-order valence-corrected chi connectivity index (χ4v) is 1.07. The minimum Gasteiger partial charge on any atom is -0.550 e. The molecule has 1 aromatic rings. The number of nitrogens with one attached hydrogen (secondary N) is 1. The first-order valence-corrected chi connectivity index (χ1v) is 4.16. The number of aliphatic carboxylic acids is 1. The Bertz CT molecular complexity index is 192. The normalized spacial score (nSPS) is 8.18. The molecule has 0 aliphatic heterocycles. The van der Waals surface area contributed by atoms with Crippen molar-refractivity contribution in [1.29, 1.82) is 0 Å². The van der Waals surface area contributed by atoms with E-state index < -0.39 is 5.97 Å². The van der Waals surface area contributed by atoms with E-state index in [2.05, 4.69) is 17.3 Å². The Morgan fingerprint density at radius 3 is 2.55 bits per heavy atom. The number of hydrogen-bond donors (Lipinski definition) is 0.